The molecule has 0 saturated carbocycles. The van der Waals surface area contributed by atoms with Crippen LogP contribution in [0.1, 0.15) is 31.8 Å². The standard InChI is InChI=1S/C23H21N3O5S/c1-14-6-5-9-19(23(28)31-32(2,29)30)20(14)17-7-3-4-8-18(17)22(27)26-16-12-10-15(11-13-16)21(24)25/h3-13H,1-2H3,(H3,24,25)(H,26,27). The molecule has 0 unspecified atom stereocenters. The van der Waals surface area contributed by atoms with Crippen molar-refractivity contribution in [3.8, 4) is 11.1 Å². The van der Waals surface area contributed by atoms with Gasteiger partial charge in [-0.15, -0.1) is 0 Å². The van der Waals surface area contributed by atoms with Gasteiger partial charge in [0.1, 0.15) is 5.84 Å². The summed E-state index contributed by atoms with van der Waals surface area (Å²) in [6.07, 6.45) is 0.791. The molecule has 0 atom stereocenters. The van der Waals surface area contributed by atoms with E-state index in [1.54, 1.807) is 67.6 Å². The molecule has 0 aromatic heterocycles. The fourth-order valence-corrected chi connectivity index (χ4v) is 3.57. The van der Waals surface area contributed by atoms with Crippen LogP contribution >= 0.6 is 0 Å². The molecule has 164 valence electrons. The number of nitrogen functional groups attached to an aromatic ring is 1. The van der Waals surface area contributed by atoms with Gasteiger partial charge in [0.05, 0.1) is 11.8 Å². The van der Waals surface area contributed by atoms with Crippen molar-refractivity contribution >= 4 is 33.5 Å². The monoisotopic (exact) mass is 451 g/mol. The van der Waals surface area contributed by atoms with Gasteiger partial charge < -0.3 is 15.2 Å². The Balaban J connectivity index is 2.02. The summed E-state index contributed by atoms with van der Waals surface area (Å²) in [6.45, 7) is 1.75. The van der Waals surface area contributed by atoms with Gasteiger partial charge in [-0.1, -0.05) is 30.3 Å². The number of carbonyl (C=O) groups excluding carboxylic acids is 2. The second kappa shape index (κ2) is 9.03. The van der Waals surface area contributed by atoms with Gasteiger partial charge in [-0.3, -0.25) is 10.2 Å². The molecule has 0 radical (unpaired) electrons. The third-order valence-corrected chi connectivity index (χ3v) is 5.07. The van der Waals surface area contributed by atoms with Gasteiger partial charge in [0.2, 0.25) is 0 Å². The minimum Gasteiger partial charge on any atom is -0.384 e. The van der Waals surface area contributed by atoms with E-state index in [0.717, 1.165) is 6.26 Å². The van der Waals surface area contributed by atoms with Crippen LogP contribution in [0.5, 0.6) is 0 Å². The minimum absolute atomic E-state index is 0.0292. The van der Waals surface area contributed by atoms with Gasteiger partial charge >= 0.3 is 16.1 Å². The maximum atomic E-state index is 13.1. The lowest BCUT2D eigenvalue weighted by molar-refractivity contribution is 0.0748. The molecule has 4 N–H and O–H groups in total. The summed E-state index contributed by atoms with van der Waals surface area (Å²) in [7, 11) is -4.01. The number of amidine groups is 1. The maximum absolute atomic E-state index is 13.1. The highest BCUT2D eigenvalue weighted by Crippen LogP contribution is 2.31. The van der Waals surface area contributed by atoms with Crippen molar-refractivity contribution in [2.45, 2.75) is 6.92 Å². The zero-order valence-corrected chi connectivity index (χ0v) is 18.2. The van der Waals surface area contributed by atoms with Crippen LogP contribution in [0.2, 0.25) is 0 Å². The van der Waals surface area contributed by atoms with Gasteiger partial charge in [0, 0.05) is 16.8 Å². The molecule has 3 rings (SSSR count). The predicted molar refractivity (Wildman–Crippen MR) is 122 cm³/mol. The van der Waals surface area contributed by atoms with Crippen molar-refractivity contribution < 1.29 is 22.2 Å². The second-order valence-electron chi connectivity index (χ2n) is 7.06. The van der Waals surface area contributed by atoms with Crippen LogP contribution in [0.25, 0.3) is 11.1 Å². The van der Waals surface area contributed by atoms with Gasteiger partial charge in [0.15, 0.2) is 0 Å². The second-order valence-corrected chi connectivity index (χ2v) is 8.64. The van der Waals surface area contributed by atoms with Crippen LogP contribution in [-0.4, -0.2) is 32.4 Å². The van der Waals surface area contributed by atoms with Gasteiger partial charge in [0.25, 0.3) is 5.91 Å². The first-order valence-electron chi connectivity index (χ1n) is 9.45. The number of carbonyl (C=O) groups is 2. The van der Waals surface area contributed by atoms with Crippen LogP contribution in [0, 0.1) is 12.3 Å². The fourth-order valence-electron chi connectivity index (χ4n) is 3.21. The van der Waals surface area contributed by atoms with Crippen molar-refractivity contribution in [3.63, 3.8) is 0 Å². The minimum atomic E-state index is -4.01. The summed E-state index contributed by atoms with van der Waals surface area (Å²) >= 11 is 0. The Hall–Kier alpha value is -3.98. The molecule has 0 heterocycles. The number of aryl methyl sites for hydroxylation is 1. The lowest BCUT2D eigenvalue weighted by Gasteiger charge is -2.15. The van der Waals surface area contributed by atoms with E-state index in [4.69, 9.17) is 11.1 Å². The molecule has 0 spiro atoms. The maximum Gasteiger partial charge on any atom is 0.354 e. The largest absolute Gasteiger partial charge is 0.384 e. The van der Waals surface area contributed by atoms with Gasteiger partial charge in [-0.25, -0.2) is 4.79 Å². The first-order chi connectivity index (χ1) is 15.1. The van der Waals surface area contributed by atoms with Crippen molar-refractivity contribution in [1.29, 1.82) is 5.41 Å². The lowest BCUT2D eigenvalue weighted by Crippen LogP contribution is -2.16. The SMILES string of the molecule is Cc1cccc(C(=O)OS(C)(=O)=O)c1-c1ccccc1C(=O)Nc1ccc(C(=N)N)cc1. The Morgan fingerprint density at radius 2 is 1.56 bits per heavy atom. The number of anilines is 1. The summed E-state index contributed by atoms with van der Waals surface area (Å²) in [4.78, 5) is 25.6. The van der Waals surface area contributed by atoms with E-state index >= 15 is 0 Å². The molecule has 0 aliphatic rings. The van der Waals surface area contributed by atoms with Crippen LogP contribution < -0.4 is 11.1 Å². The highest BCUT2D eigenvalue weighted by Gasteiger charge is 2.23. The number of hydrogen-bond acceptors (Lipinski definition) is 6. The van der Waals surface area contributed by atoms with Crippen molar-refractivity contribution in [1.82, 2.24) is 0 Å². The molecule has 1 amide bonds. The Bertz CT molecular complexity index is 1320. The van der Waals surface area contributed by atoms with Crippen LogP contribution in [-0.2, 0) is 14.3 Å². The highest BCUT2D eigenvalue weighted by atomic mass is 32.2. The number of rotatable bonds is 6. The molecule has 0 bridgehead atoms. The third-order valence-electron chi connectivity index (χ3n) is 4.61. The lowest BCUT2D eigenvalue weighted by atomic mass is 9.91. The van der Waals surface area contributed by atoms with E-state index < -0.39 is 22.0 Å². The predicted octanol–water partition coefficient (Wildman–Crippen LogP) is 3.31. The van der Waals surface area contributed by atoms with Crippen LogP contribution in [0.4, 0.5) is 5.69 Å². The van der Waals surface area contributed by atoms with Crippen molar-refractivity contribution in [2.75, 3.05) is 11.6 Å². The number of benzene rings is 3. The molecule has 0 saturated heterocycles. The number of amides is 1. The molecule has 3 aromatic carbocycles. The number of nitrogens with two attached hydrogens (primary N) is 1. The molecule has 0 aliphatic carbocycles. The van der Waals surface area contributed by atoms with E-state index in [1.807, 2.05) is 0 Å². The average Bonchev–Trinajstić information content (AvgIpc) is 2.72. The molecule has 0 aliphatic heterocycles. The molecular weight excluding hydrogens is 430 g/mol. The highest BCUT2D eigenvalue weighted by molar-refractivity contribution is 7.86. The van der Waals surface area contributed by atoms with E-state index in [9.17, 15) is 18.0 Å². The Morgan fingerprint density at radius 1 is 0.938 bits per heavy atom. The van der Waals surface area contributed by atoms with E-state index in [2.05, 4.69) is 9.50 Å². The summed E-state index contributed by atoms with van der Waals surface area (Å²) < 4.78 is 27.5. The topological polar surface area (TPSA) is 139 Å². The van der Waals surface area contributed by atoms with Crippen LogP contribution in [0.15, 0.2) is 66.7 Å². The quantitative estimate of drug-likeness (QED) is 0.298. The molecule has 9 heteroatoms. The Morgan fingerprint density at radius 3 is 2.19 bits per heavy atom. The summed E-state index contributed by atoms with van der Waals surface area (Å²) in [5.41, 5.74) is 8.30. The molecular formula is C23H21N3O5S. The molecule has 32 heavy (non-hydrogen) atoms. The Kier molecular flexibility index (Phi) is 6.40. The average molecular weight is 452 g/mol. The molecule has 0 fully saturated rings. The Labute approximate surface area is 185 Å². The van der Waals surface area contributed by atoms with Crippen molar-refractivity contribution in [2.24, 2.45) is 5.73 Å². The third kappa shape index (κ3) is 5.19. The summed E-state index contributed by atoms with van der Waals surface area (Å²) in [5, 5.41) is 10.2. The van der Waals surface area contributed by atoms with E-state index in [0.29, 0.717) is 27.9 Å². The normalized spacial score (nSPS) is 10.9. The molecule has 3 aromatic rings. The van der Waals surface area contributed by atoms with Gasteiger partial charge in [-0.2, -0.15) is 8.42 Å². The number of nitrogens with one attached hydrogen (secondary N) is 2. The van der Waals surface area contributed by atoms with Crippen molar-refractivity contribution in [3.05, 3.63) is 89.0 Å². The first kappa shape index (κ1) is 22.7. The fraction of sp³-hybridized carbons (Fsp3) is 0.0870. The summed E-state index contributed by atoms with van der Waals surface area (Å²) in [5.74, 6) is -1.54. The van der Waals surface area contributed by atoms with E-state index in [-0.39, 0.29) is 17.0 Å². The molecule has 8 nitrogen and oxygen atoms in total. The zero-order chi connectivity index (χ0) is 23.5. The smallest absolute Gasteiger partial charge is 0.354 e. The summed E-state index contributed by atoms with van der Waals surface area (Å²) in [6, 6.07) is 18.0. The first-order valence-corrected chi connectivity index (χ1v) is 11.3. The zero-order valence-electron chi connectivity index (χ0n) is 17.4. The number of hydrogen-bond donors (Lipinski definition) is 3. The van der Waals surface area contributed by atoms with E-state index in [1.165, 1.54) is 6.07 Å². The van der Waals surface area contributed by atoms with Crippen LogP contribution in [0.3, 0.4) is 0 Å². The van der Waals surface area contributed by atoms with Gasteiger partial charge in [-0.05, 0) is 60.0 Å².